The van der Waals surface area contributed by atoms with Crippen LogP contribution in [0.4, 0.5) is 5.69 Å². The Hall–Kier alpha value is -1.85. The summed E-state index contributed by atoms with van der Waals surface area (Å²) in [5, 5.41) is 3.30. The average Bonchev–Trinajstić information content (AvgIpc) is 2.52. The Balaban J connectivity index is 1.96. The normalized spacial score (nSPS) is 10.2. The summed E-state index contributed by atoms with van der Waals surface area (Å²) in [6.07, 6.45) is 0. The van der Waals surface area contributed by atoms with Crippen LogP contribution >= 0.6 is 27.5 Å². The van der Waals surface area contributed by atoms with Gasteiger partial charge in [0, 0.05) is 40.8 Å². The minimum atomic E-state index is -0.216. The number of halogens is 2. The molecule has 6 heteroatoms. The molecule has 0 aliphatic rings. The molecule has 0 aliphatic heterocycles. The molecule has 0 radical (unpaired) electrons. The zero-order chi connectivity index (χ0) is 16.8. The second-order valence-corrected chi connectivity index (χ2v) is 6.27. The summed E-state index contributed by atoms with van der Waals surface area (Å²) in [6.45, 7) is 2.24. The molecule has 1 N–H and O–H groups in total. The van der Waals surface area contributed by atoms with Gasteiger partial charge in [-0.25, -0.2) is 0 Å². The zero-order valence-corrected chi connectivity index (χ0v) is 14.9. The van der Waals surface area contributed by atoms with Crippen LogP contribution in [0.25, 0.3) is 0 Å². The largest absolute Gasteiger partial charge is 0.350 e. The zero-order valence-electron chi connectivity index (χ0n) is 12.6. The highest BCUT2D eigenvalue weighted by Gasteiger charge is 2.12. The number of rotatable bonds is 5. The van der Waals surface area contributed by atoms with Gasteiger partial charge in [0.1, 0.15) is 0 Å². The minimum Gasteiger partial charge on any atom is -0.350 e. The summed E-state index contributed by atoms with van der Waals surface area (Å²) < 4.78 is 0.944. The Morgan fingerprint density at radius 1 is 1.17 bits per heavy atom. The summed E-state index contributed by atoms with van der Waals surface area (Å²) in [4.78, 5) is 25.5. The maximum atomic E-state index is 12.1. The molecule has 120 valence electrons. The molecule has 0 saturated heterocycles. The van der Waals surface area contributed by atoms with Crippen LogP contribution in [-0.4, -0.2) is 24.9 Å². The third-order valence-corrected chi connectivity index (χ3v) is 3.99. The van der Waals surface area contributed by atoms with Gasteiger partial charge in [0.2, 0.25) is 5.91 Å². The molecule has 0 aromatic heterocycles. The third kappa shape index (κ3) is 5.08. The van der Waals surface area contributed by atoms with Crippen molar-refractivity contribution in [2.45, 2.75) is 6.92 Å². The van der Waals surface area contributed by atoms with Crippen LogP contribution in [0.15, 0.2) is 53.0 Å². The molecule has 0 heterocycles. The van der Waals surface area contributed by atoms with Gasteiger partial charge >= 0.3 is 0 Å². The molecular formula is C17H16BrClN2O2. The number of hydrogen-bond acceptors (Lipinski definition) is 2. The van der Waals surface area contributed by atoms with Crippen molar-refractivity contribution >= 4 is 45.0 Å². The molecule has 0 unspecified atom stereocenters. The molecule has 23 heavy (non-hydrogen) atoms. The van der Waals surface area contributed by atoms with E-state index < -0.39 is 0 Å². The number of nitrogens with one attached hydrogen (secondary N) is 1. The van der Waals surface area contributed by atoms with Crippen LogP contribution in [-0.2, 0) is 4.79 Å². The molecule has 0 bridgehead atoms. The van der Waals surface area contributed by atoms with Crippen molar-refractivity contribution < 1.29 is 9.59 Å². The van der Waals surface area contributed by atoms with Crippen molar-refractivity contribution in [1.82, 2.24) is 5.32 Å². The first kappa shape index (κ1) is 17.5. The molecule has 2 amide bonds. The number of amides is 2. The summed E-state index contributed by atoms with van der Waals surface area (Å²) in [7, 11) is 0. The lowest BCUT2D eigenvalue weighted by Crippen LogP contribution is -2.37. The van der Waals surface area contributed by atoms with Gasteiger partial charge in [0.25, 0.3) is 5.91 Å². The molecule has 0 saturated carbocycles. The number of benzene rings is 2. The van der Waals surface area contributed by atoms with E-state index in [1.807, 2.05) is 24.3 Å². The fraction of sp³-hybridized carbons (Fsp3) is 0.176. The Morgan fingerprint density at radius 3 is 2.48 bits per heavy atom. The second kappa shape index (κ2) is 8.13. The fourth-order valence-corrected chi connectivity index (χ4v) is 2.56. The highest BCUT2D eigenvalue weighted by molar-refractivity contribution is 9.10. The number of hydrogen-bond donors (Lipinski definition) is 1. The van der Waals surface area contributed by atoms with Gasteiger partial charge in [-0.3, -0.25) is 9.59 Å². The molecular weight excluding hydrogens is 380 g/mol. The maximum absolute atomic E-state index is 12.1. The van der Waals surface area contributed by atoms with Crippen LogP contribution < -0.4 is 10.2 Å². The summed E-state index contributed by atoms with van der Waals surface area (Å²) in [5.41, 5.74) is 1.29. The predicted octanol–water partition coefficient (Wildman–Crippen LogP) is 3.89. The number of nitrogens with zero attached hydrogens (tertiary/aromatic N) is 1. The molecule has 2 aromatic carbocycles. The van der Waals surface area contributed by atoms with Gasteiger partial charge in [-0.1, -0.05) is 33.6 Å². The van der Waals surface area contributed by atoms with Gasteiger partial charge in [0.05, 0.1) is 0 Å². The first-order chi connectivity index (χ1) is 11.0. The van der Waals surface area contributed by atoms with Gasteiger partial charge in [-0.15, -0.1) is 0 Å². The van der Waals surface area contributed by atoms with Crippen molar-refractivity contribution in [2.75, 3.05) is 18.0 Å². The second-order valence-electron chi connectivity index (χ2n) is 4.91. The first-order valence-electron chi connectivity index (χ1n) is 7.05. The number of anilines is 1. The van der Waals surface area contributed by atoms with E-state index in [9.17, 15) is 9.59 Å². The van der Waals surface area contributed by atoms with E-state index in [-0.39, 0.29) is 11.8 Å². The first-order valence-corrected chi connectivity index (χ1v) is 8.22. The van der Waals surface area contributed by atoms with Crippen molar-refractivity contribution in [3.05, 3.63) is 63.6 Å². The SMILES string of the molecule is CC(=O)N(CCNC(=O)c1cccc(Cl)c1)c1ccc(Br)cc1. The number of carbonyl (C=O) groups is 2. The Kier molecular flexibility index (Phi) is 6.19. The molecule has 2 aromatic rings. The smallest absolute Gasteiger partial charge is 0.251 e. The maximum Gasteiger partial charge on any atom is 0.251 e. The van der Waals surface area contributed by atoms with Gasteiger partial charge in [-0.05, 0) is 42.5 Å². The van der Waals surface area contributed by atoms with Crippen LogP contribution in [0, 0.1) is 0 Å². The standard InChI is InChI=1S/C17H16BrClN2O2/c1-12(22)21(16-7-5-14(18)6-8-16)10-9-20-17(23)13-3-2-4-15(19)11-13/h2-8,11H,9-10H2,1H3,(H,20,23). The highest BCUT2D eigenvalue weighted by Crippen LogP contribution is 2.18. The fourth-order valence-electron chi connectivity index (χ4n) is 2.10. The predicted molar refractivity (Wildman–Crippen MR) is 96.0 cm³/mol. The Morgan fingerprint density at radius 2 is 1.87 bits per heavy atom. The molecule has 0 spiro atoms. The van der Waals surface area contributed by atoms with Crippen LogP contribution in [0.5, 0.6) is 0 Å². The average molecular weight is 396 g/mol. The molecule has 0 atom stereocenters. The van der Waals surface area contributed by atoms with Crippen molar-refractivity contribution in [3.8, 4) is 0 Å². The van der Waals surface area contributed by atoms with Gasteiger partial charge in [-0.2, -0.15) is 0 Å². The van der Waals surface area contributed by atoms with Crippen LogP contribution in [0.1, 0.15) is 17.3 Å². The monoisotopic (exact) mass is 394 g/mol. The van der Waals surface area contributed by atoms with Crippen molar-refractivity contribution in [1.29, 1.82) is 0 Å². The van der Waals surface area contributed by atoms with Crippen LogP contribution in [0.2, 0.25) is 5.02 Å². The van der Waals surface area contributed by atoms with Gasteiger partial charge < -0.3 is 10.2 Å². The number of carbonyl (C=O) groups excluding carboxylic acids is 2. The Labute approximate surface area is 148 Å². The summed E-state index contributed by atoms with van der Waals surface area (Å²) >= 11 is 9.23. The van der Waals surface area contributed by atoms with E-state index >= 15 is 0 Å². The van der Waals surface area contributed by atoms with E-state index in [4.69, 9.17) is 11.6 Å². The molecule has 4 nitrogen and oxygen atoms in total. The Bertz CT molecular complexity index is 704. The topological polar surface area (TPSA) is 49.4 Å². The van der Waals surface area contributed by atoms with E-state index in [0.717, 1.165) is 10.2 Å². The van der Waals surface area contributed by atoms with E-state index in [2.05, 4.69) is 21.2 Å². The van der Waals surface area contributed by atoms with Gasteiger partial charge in [0.15, 0.2) is 0 Å². The van der Waals surface area contributed by atoms with Crippen molar-refractivity contribution in [2.24, 2.45) is 0 Å². The summed E-state index contributed by atoms with van der Waals surface area (Å²) in [5.74, 6) is -0.295. The van der Waals surface area contributed by atoms with E-state index in [1.165, 1.54) is 6.92 Å². The lowest BCUT2D eigenvalue weighted by Gasteiger charge is -2.21. The molecule has 0 fully saturated rings. The minimum absolute atomic E-state index is 0.0793. The highest BCUT2D eigenvalue weighted by atomic mass is 79.9. The van der Waals surface area contributed by atoms with E-state index in [0.29, 0.717) is 23.7 Å². The summed E-state index contributed by atoms with van der Waals surface area (Å²) in [6, 6.07) is 14.2. The van der Waals surface area contributed by atoms with Crippen LogP contribution in [0.3, 0.4) is 0 Å². The van der Waals surface area contributed by atoms with E-state index in [1.54, 1.807) is 29.2 Å². The molecule has 2 rings (SSSR count). The quantitative estimate of drug-likeness (QED) is 0.835. The van der Waals surface area contributed by atoms with Crippen molar-refractivity contribution in [3.63, 3.8) is 0 Å². The lowest BCUT2D eigenvalue weighted by molar-refractivity contribution is -0.116. The third-order valence-electron chi connectivity index (χ3n) is 3.23. The lowest BCUT2D eigenvalue weighted by atomic mass is 10.2. The molecule has 0 aliphatic carbocycles.